The molecule has 3 fully saturated rings. The van der Waals surface area contributed by atoms with Gasteiger partial charge in [0.15, 0.2) is 0 Å². The van der Waals surface area contributed by atoms with Crippen molar-refractivity contribution in [3.05, 3.63) is 30.1 Å². The SMILES string of the molecule is Cl.Cl.NC1(C(=O)N2CCCC3(CCC(=O)N(CCc4ccccn4)C3)C2)CC1. The van der Waals surface area contributed by atoms with Crippen LogP contribution < -0.4 is 5.73 Å². The molecular weight excluding hydrogens is 399 g/mol. The van der Waals surface area contributed by atoms with E-state index in [-0.39, 0.29) is 42.0 Å². The molecule has 4 rings (SSSR count). The molecule has 6 nitrogen and oxygen atoms in total. The molecule has 8 heteroatoms. The summed E-state index contributed by atoms with van der Waals surface area (Å²) >= 11 is 0. The van der Waals surface area contributed by atoms with E-state index in [1.807, 2.05) is 28.0 Å². The number of halogens is 2. The van der Waals surface area contributed by atoms with Crippen molar-refractivity contribution in [1.82, 2.24) is 14.8 Å². The van der Waals surface area contributed by atoms with Crippen molar-refractivity contribution in [2.75, 3.05) is 26.2 Å². The minimum atomic E-state index is -0.596. The van der Waals surface area contributed by atoms with E-state index in [1.54, 1.807) is 6.20 Å². The molecule has 3 heterocycles. The molecule has 2 amide bonds. The lowest BCUT2D eigenvalue weighted by molar-refractivity contribution is -0.144. The lowest BCUT2D eigenvalue weighted by atomic mass is 9.73. The van der Waals surface area contributed by atoms with Gasteiger partial charge < -0.3 is 15.5 Å². The first-order valence-corrected chi connectivity index (χ1v) is 9.76. The average molecular weight is 429 g/mol. The monoisotopic (exact) mass is 428 g/mol. The maximum absolute atomic E-state index is 12.7. The minimum absolute atomic E-state index is 0. The smallest absolute Gasteiger partial charge is 0.242 e. The molecule has 1 spiro atoms. The maximum atomic E-state index is 12.7. The second-order valence-electron chi connectivity index (χ2n) is 8.37. The number of pyridine rings is 1. The Morgan fingerprint density at radius 1 is 1.14 bits per heavy atom. The average Bonchev–Trinajstić information content (AvgIpc) is 3.42. The Morgan fingerprint density at radius 3 is 2.61 bits per heavy atom. The number of piperidine rings is 2. The van der Waals surface area contributed by atoms with Gasteiger partial charge in [0.25, 0.3) is 0 Å². The molecule has 2 saturated heterocycles. The van der Waals surface area contributed by atoms with Gasteiger partial charge in [0.05, 0.1) is 5.54 Å². The number of aromatic nitrogens is 1. The number of hydrogen-bond acceptors (Lipinski definition) is 4. The molecule has 3 aliphatic rings. The molecule has 1 aromatic heterocycles. The fourth-order valence-corrected chi connectivity index (χ4v) is 4.48. The predicted octanol–water partition coefficient (Wildman–Crippen LogP) is 2.19. The number of carbonyl (C=O) groups excluding carboxylic acids is 2. The summed E-state index contributed by atoms with van der Waals surface area (Å²) in [6.07, 6.45) is 7.74. The highest BCUT2D eigenvalue weighted by atomic mass is 35.5. The fourth-order valence-electron chi connectivity index (χ4n) is 4.48. The Labute approximate surface area is 179 Å². The maximum Gasteiger partial charge on any atom is 0.242 e. The first kappa shape index (κ1) is 22.9. The van der Waals surface area contributed by atoms with Crippen LogP contribution in [-0.4, -0.2) is 58.3 Å². The molecule has 1 saturated carbocycles. The summed E-state index contributed by atoms with van der Waals surface area (Å²) in [4.78, 5) is 33.4. The van der Waals surface area contributed by atoms with Crippen molar-refractivity contribution >= 4 is 36.6 Å². The van der Waals surface area contributed by atoms with Crippen molar-refractivity contribution in [2.24, 2.45) is 11.1 Å². The lowest BCUT2D eigenvalue weighted by Gasteiger charge is -2.48. The summed E-state index contributed by atoms with van der Waals surface area (Å²) in [6, 6.07) is 5.89. The Bertz CT molecular complexity index is 699. The summed E-state index contributed by atoms with van der Waals surface area (Å²) in [7, 11) is 0. The van der Waals surface area contributed by atoms with E-state index >= 15 is 0 Å². The summed E-state index contributed by atoms with van der Waals surface area (Å²) < 4.78 is 0. The van der Waals surface area contributed by atoms with E-state index in [9.17, 15) is 9.59 Å². The molecule has 0 aromatic carbocycles. The van der Waals surface area contributed by atoms with Crippen LogP contribution in [-0.2, 0) is 16.0 Å². The highest BCUT2D eigenvalue weighted by Crippen LogP contribution is 2.41. The van der Waals surface area contributed by atoms with Crippen LogP contribution in [0.25, 0.3) is 0 Å². The highest BCUT2D eigenvalue weighted by molar-refractivity contribution is 5.89. The first-order valence-electron chi connectivity index (χ1n) is 9.76. The Morgan fingerprint density at radius 2 is 1.93 bits per heavy atom. The zero-order valence-corrected chi connectivity index (χ0v) is 17.8. The fraction of sp³-hybridized carbons (Fsp3) is 0.650. The van der Waals surface area contributed by atoms with Crippen LogP contribution in [0.4, 0.5) is 0 Å². The van der Waals surface area contributed by atoms with Gasteiger partial charge >= 0.3 is 0 Å². The van der Waals surface area contributed by atoms with Crippen LogP contribution in [0.1, 0.15) is 44.2 Å². The Kier molecular flexibility index (Phi) is 7.34. The Hall–Kier alpha value is -1.37. The minimum Gasteiger partial charge on any atom is -0.342 e. The molecule has 0 bridgehead atoms. The van der Waals surface area contributed by atoms with Gasteiger partial charge in [-0.05, 0) is 44.2 Å². The first-order chi connectivity index (χ1) is 12.5. The quantitative estimate of drug-likeness (QED) is 0.796. The van der Waals surface area contributed by atoms with Gasteiger partial charge in [-0.1, -0.05) is 6.07 Å². The normalized spacial score (nSPS) is 25.7. The molecule has 2 aliphatic heterocycles. The van der Waals surface area contributed by atoms with Gasteiger partial charge in [-0.3, -0.25) is 14.6 Å². The summed E-state index contributed by atoms with van der Waals surface area (Å²) in [5.41, 5.74) is 6.59. The van der Waals surface area contributed by atoms with E-state index in [0.717, 1.165) is 63.9 Å². The largest absolute Gasteiger partial charge is 0.342 e. The van der Waals surface area contributed by atoms with Gasteiger partial charge in [0.1, 0.15) is 0 Å². The van der Waals surface area contributed by atoms with Crippen molar-refractivity contribution in [3.63, 3.8) is 0 Å². The van der Waals surface area contributed by atoms with E-state index < -0.39 is 5.54 Å². The predicted molar refractivity (Wildman–Crippen MR) is 113 cm³/mol. The topological polar surface area (TPSA) is 79.5 Å². The van der Waals surface area contributed by atoms with Crippen LogP contribution in [0.2, 0.25) is 0 Å². The number of nitrogens with zero attached hydrogens (tertiary/aromatic N) is 3. The standard InChI is InChI=1S/C20H28N4O2.2ClH/c21-20(9-10-20)18(26)24-12-3-7-19(15-24)8-5-17(25)23(14-19)13-6-16-4-1-2-11-22-16;;/h1-2,4,11H,3,5-10,12-15,21H2;2*1H. The number of rotatable bonds is 4. The van der Waals surface area contributed by atoms with Gasteiger partial charge in [-0.2, -0.15) is 0 Å². The van der Waals surface area contributed by atoms with Crippen LogP contribution in [0.15, 0.2) is 24.4 Å². The van der Waals surface area contributed by atoms with Crippen LogP contribution in [0.5, 0.6) is 0 Å². The molecular formula is C20H30Cl2N4O2. The van der Waals surface area contributed by atoms with Crippen molar-refractivity contribution in [2.45, 2.75) is 50.5 Å². The lowest BCUT2D eigenvalue weighted by Crippen LogP contribution is -2.57. The van der Waals surface area contributed by atoms with Gasteiger partial charge in [0, 0.05) is 56.3 Å². The second-order valence-corrected chi connectivity index (χ2v) is 8.37. The van der Waals surface area contributed by atoms with Crippen molar-refractivity contribution in [1.29, 1.82) is 0 Å². The summed E-state index contributed by atoms with van der Waals surface area (Å²) in [5, 5.41) is 0. The number of hydrogen-bond donors (Lipinski definition) is 1. The van der Waals surface area contributed by atoms with Crippen LogP contribution >= 0.6 is 24.8 Å². The number of nitrogens with two attached hydrogens (primary N) is 1. The molecule has 156 valence electrons. The zero-order valence-electron chi connectivity index (χ0n) is 16.1. The van der Waals surface area contributed by atoms with Crippen molar-refractivity contribution in [3.8, 4) is 0 Å². The zero-order chi connectivity index (χ0) is 18.2. The van der Waals surface area contributed by atoms with Crippen LogP contribution in [0, 0.1) is 5.41 Å². The molecule has 0 radical (unpaired) electrons. The molecule has 1 aromatic rings. The van der Waals surface area contributed by atoms with E-state index in [1.165, 1.54) is 0 Å². The highest BCUT2D eigenvalue weighted by Gasteiger charge is 2.51. The molecule has 1 atom stereocenters. The number of amides is 2. The Balaban J connectivity index is 0.00000140. The third kappa shape index (κ3) is 4.78. The van der Waals surface area contributed by atoms with Gasteiger partial charge in [-0.15, -0.1) is 24.8 Å². The third-order valence-electron chi connectivity index (χ3n) is 6.28. The van der Waals surface area contributed by atoms with Crippen LogP contribution in [0.3, 0.4) is 0 Å². The molecule has 28 heavy (non-hydrogen) atoms. The third-order valence-corrected chi connectivity index (χ3v) is 6.28. The molecule has 1 aliphatic carbocycles. The summed E-state index contributed by atoms with van der Waals surface area (Å²) in [6.45, 7) is 3.01. The molecule has 2 N–H and O–H groups in total. The van der Waals surface area contributed by atoms with Gasteiger partial charge in [0.2, 0.25) is 11.8 Å². The van der Waals surface area contributed by atoms with Gasteiger partial charge in [-0.25, -0.2) is 0 Å². The van der Waals surface area contributed by atoms with E-state index in [4.69, 9.17) is 5.73 Å². The van der Waals surface area contributed by atoms with E-state index in [0.29, 0.717) is 13.0 Å². The number of carbonyl (C=O) groups is 2. The van der Waals surface area contributed by atoms with Crippen molar-refractivity contribution < 1.29 is 9.59 Å². The van der Waals surface area contributed by atoms with E-state index in [2.05, 4.69) is 4.98 Å². The molecule has 1 unspecified atom stereocenters. The summed E-state index contributed by atoms with van der Waals surface area (Å²) in [5.74, 6) is 0.348. The number of likely N-dealkylation sites (tertiary alicyclic amines) is 2. The second kappa shape index (κ2) is 8.97.